The lowest BCUT2D eigenvalue weighted by Crippen LogP contribution is -2.72. The van der Waals surface area contributed by atoms with Gasteiger partial charge >= 0.3 is 11.9 Å². The molecule has 7 rings (SSSR count). The Labute approximate surface area is 263 Å². The Kier molecular flexibility index (Phi) is 7.14. The van der Waals surface area contributed by atoms with E-state index in [0.717, 1.165) is 5.57 Å². The number of fused-ring (bicyclic) bond motifs is 3. The average Bonchev–Trinajstić information content (AvgIpc) is 3.02. The van der Waals surface area contributed by atoms with Crippen molar-refractivity contribution in [2.45, 2.75) is 32.6 Å². The maximum atomic E-state index is 14.1. The van der Waals surface area contributed by atoms with Crippen molar-refractivity contribution in [3.05, 3.63) is 116 Å². The van der Waals surface area contributed by atoms with Gasteiger partial charge in [0.25, 0.3) is 11.4 Å². The van der Waals surface area contributed by atoms with Gasteiger partial charge in [-0.15, -0.1) is 0 Å². The van der Waals surface area contributed by atoms with Crippen LogP contribution in [0, 0.1) is 48.3 Å². The number of hydrogen-bond donors (Lipinski definition) is 0. The Balaban J connectivity index is 1.34. The maximum Gasteiger partial charge on any atom is 0.338 e. The molecule has 3 saturated carbocycles. The molecule has 5 atom stereocenters. The normalized spacial score (nSPS) is 29.5. The van der Waals surface area contributed by atoms with Crippen molar-refractivity contribution in [2.24, 2.45) is 28.1 Å². The summed E-state index contributed by atoms with van der Waals surface area (Å²) in [5.74, 6) is -3.37. The number of ketones is 2. The van der Waals surface area contributed by atoms with Gasteiger partial charge in [0.1, 0.15) is 5.41 Å². The average molecular weight is 627 g/mol. The molecule has 0 aliphatic heterocycles. The number of Topliss-reactive ketones (excluding diaryl/α,β-unsaturated/α-hetero) is 2. The molecule has 0 saturated heterocycles. The monoisotopic (exact) mass is 626 g/mol. The zero-order valence-corrected chi connectivity index (χ0v) is 25.0. The van der Waals surface area contributed by atoms with Crippen LogP contribution < -0.4 is 0 Å². The van der Waals surface area contributed by atoms with Crippen LogP contribution in [0.3, 0.4) is 0 Å². The number of nitrogens with zero attached hydrogens (tertiary/aromatic N) is 2. The molecule has 236 valence electrons. The molecule has 0 heterocycles. The Morgan fingerprint density at radius 3 is 1.87 bits per heavy atom. The maximum absolute atomic E-state index is 14.1. The van der Waals surface area contributed by atoms with Gasteiger partial charge in [-0.1, -0.05) is 38.2 Å². The third-order valence-electron chi connectivity index (χ3n) is 10.3. The Morgan fingerprint density at radius 2 is 1.35 bits per heavy atom. The number of nitro groups is 2. The van der Waals surface area contributed by atoms with Crippen LogP contribution in [0.2, 0.25) is 0 Å². The van der Waals surface area contributed by atoms with E-state index in [1.54, 1.807) is 6.08 Å². The molecule has 0 aromatic heterocycles. The highest BCUT2D eigenvalue weighted by Gasteiger charge is 2.76. The van der Waals surface area contributed by atoms with Gasteiger partial charge in [-0.2, -0.15) is 0 Å². The number of nitro benzene ring substituents is 2. The van der Waals surface area contributed by atoms with Crippen LogP contribution in [0.1, 0.15) is 53.3 Å². The Bertz CT molecular complexity index is 1790. The number of rotatable bonds is 8. The molecule has 5 aliphatic rings. The lowest BCUT2D eigenvalue weighted by Gasteiger charge is -2.69. The van der Waals surface area contributed by atoms with Crippen molar-refractivity contribution in [3.63, 3.8) is 0 Å². The third-order valence-corrected chi connectivity index (χ3v) is 10.3. The number of esters is 2. The highest BCUT2D eigenvalue weighted by atomic mass is 16.6. The van der Waals surface area contributed by atoms with E-state index in [-0.39, 0.29) is 64.8 Å². The minimum absolute atomic E-state index is 0.104. The van der Waals surface area contributed by atoms with E-state index >= 15 is 0 Å². The van der Waals surface area contributed by atoms with Gasteiger partial charge in [-0.3, -0.25) is 29.8 Å². The summed E-state index contributed by atoms with van der Waals surface area (Å²) in [6, 6.07) is 10.0. The lowest BCUT2D eigenvalue weighted by atomic mass is 9.32. The van der Waals surface area contributed by atoms with Gasteiger partial charge in [0.05, 0.1) is 34.2 Å². The summed E-state index contributed by atoms with van der Waals surface area (Å²) < 4.78 is 11.7. The first-order valence-electron chi connectivity index (χ1n) is 14.8. The number of benzene rings is 2. The molecule has 5 aliphatic carbocycles. The molecule has 12 heteroatoms. The van der Waals surface area contributed by atoms with Crippen LogP contribution in [0.5, 0.6) is 0 Å². The highest BCUT2D eigenvalue weighted by molar-refractivity contribution is 6.24. The molecule has 2 aromatic carbocycles. The SMILES string of the molecule is C=C1C=C2C[C@]3(C1=O)C(=O)C(=C)C1[C@](C)(COC(=O)c4ccc([N+](=O)[O-])cc4)CCC[C@@]1(COC(=O)c1ccc([N+](=O)[O-])cc1)C23. The molecule has 3 fully saturated rings. The number of carbonyl (C=O) groups is 4. The van der Waals surface area contributed by atoms with Crippen molar-refractivity contribution in [2.75, 3.05) is 13.2 Å². The summed E-state index contributed by atoms with van der Waals surface area (Å²) in [6.45, 7) is 9.65. The molecule has 0 radical (unpaired) electrons. The predicted octanol–water partition coefficient (Wildman–Crippen LogP) is 5.52. The number of non-ortho nitro benzene ring substituents is 2. The van der Waals surface area contributed by atoms with E-state index in [0.29, 0.717) is 19.3 Å². The smallest absolute Gasteiger partial charge is 0.338 e. The molecule has 1 spiro atoms. The van der Waals surface area contributed by atoms with E-state index in [9.17, 15) is 39.4 Å². The van der Waals surface area contributed by atoms with Crippen molar-refractivity contribution in [3.8, 4) is 0 Å². The first-order chi connectivity index (χ1) is 21.7. The molecular formula is C34H30N2O10. The summed E-state index contributed by atoms with van der Waals surface area (Å²) in [4.78, 5) is 75.1. The molecule has 0 amide bonds. The zero-order chi connectivity index (χ0) is 33.2. The minimum atomic E-state index is -1.39. The fraction of sp³-hybridized carbons (Fsp3) is 0.353. The number of hydrogen-bond acceptors (Lipinski definition) is 10. The fourth-order valence-electron chi connectivity index (χ4n) is 8.54. The molecule has 12 nitrogen and oxygen atoms in total. The van der Waals surface area contributed by atoms with Gasteiger partial charge in [0.15, 0.2) is 11.6 Å². The molecule has 2 aromatic rings. The van der Waals surface area contributed by atoms with E-state index < -0.39 is 49.9 Å². The first-order valence-corrected chi connectivity index (χ1v) is 14.8. The van der Waals surface area contributed by atoms with Crippen molar-refractivity contribution in [1.82, 2.24) is 0 Å². The number of carbonyl (C=O) groups excluding carboxylic acids is 4. The molecular weight excluding hydrogens is 596 g/mol. The number of allylic oxidation sites excluding steroid dienone is 4. The quantitative estimate of drug-likeness (QED) is 0.119. The minimum Gasteiger partial charge on any atom is -0.461 e. The molecule has 2 unspecified atom stereocenters. The van der Waals surface area contributed by atoms with Crippen molar-refractivity contribution >= 4 is 34.9 Å². The van der Waals surface area contributed by atoms with E-state index in [1.165, 1.54) is 48.5 Å². The van der Waals surface area contributed by atoms with Gasteiger partial charge in [-0.05, 0) is 49.1 Å². The summed E-state index contributed by atoms with van der Waals surface area (Å²) in [6.07, 6.45) is 3.59. The molecule has 46 heavy (non-hydrogen) atoms. The fourth-order valence-corrected chi connectivity index (χ4v) is 8.54. The van der Waals surface area contributed by atoms with Crippen molar-refractivity contribution < 1.29 is 38.5 Å². The molecule has 2 bridgehead atoms. The van der Waals surface area contributed by atoms with Crippen LogP contribution in [-0.2, 0) is 19.1 Å². The highest BCUT2D eigenvalue weighted by Crippen LogP contribution is 2.74. The van der Waals surface area contributed by atoms with Gasteiger partial charge in [-0.25, -0.2) is 9.59 Å². The largest absolute Gasteiger partial charge is 0.461 e. The summed E-state index contributed by atoms with van der Waals surface area (Å²) >= 11 is 0. The van der Waals surface area contributed by atoms with Crippen LogP contribution >= 0.6 is 0 Å². The number of ether oxygens (including phenoxy) is 2. The van der Waals surface area contributed by atoms with Gasteiger partial charge < -0.3 is 9.47 Å². The van der Waals surface area contributed by atoms with Crippen LogP contribution in [0.25, 0.3) is 0 Å². The van der Waals surface area contributed by atoms with Crippen LogP contribution in [0.15, 0.2) is 84.5 Å². The summed E-state index contributed by atoms with van der Waals surface area (Å²) in [7, 11) is 0. The Hall–Kier alpha value is -5.26. The zero-order valence-electron chi connectivity index (χ0n) is 25.0. The van der Waals surface area contributed by atoms with Crippen LogP contribution in [-0.4, -0.2) is 46.6 Å². The second-order valence-corrected chi connectivity index (χ2v) is 12.9. The summed E-state index contributed by atoms with van der Waals surface area (Å²) in [5.41, 5.74) is -2.01. The standard InChI is InChI=1S/C34H30N2O10/c1-19-15-23-16-34(28(19)37)27(23)33(18-46-31(40)22-7-11-25(12-8-22)36(43)44)14-4-13-32(3,26(33)20(2)29(34)38)17-45-30(39)21-5-9-24(10-6-21)35(41)42/h5-12,15,26-27H,1-2,4,13-14,16-18H2,3H3/t26?,27?,32-,33-,34-/m0/s1. The predicted molar refractivity (Wildman–Crippen MR) is 162 cm³/mol. The lowest BCUT2D eigenvalue weighted by molar-refractivity contribution is -0.385. The van der Waals surface area contributed by atoms with E-state index in [2.05, 4.69) is 13.2 Å². The van der Waals surface area contributed by atoms with E-state index in [1.807, 2.05) is 6.92 Å². The van der Waals surface area contributed by atoms with Crippen LogP contribution in [0.4, 0.5) is 11.4 Å². The second kappa shape index (κ2) is 10.7. The Morgan fingerprint density at radius 1 is 0.826 bits per heavy atom. The summed E-state index contributed by atoms with van der Waals surface area (Å²) in [5, 5.41) is 22.1. The van der Waals surface area contributed by atoms with Crippen molar-refractivity contribution in [1.29, 1.82) is 0 Å². The van der Waals surface area contributed by atoms with Gasteiger partial charge in [0.2, 0.25) is 0 Å². The third kappa shape index (κ3) is 4.42. The first kappa shape index (κ1) is 30.8. The molecule has 0 N–H and O–H groups in total. The second-order valence-electron chi connectivity index (χ2n) is 12.9. The topological polar surface area (TPSA) is 173 Å². The van der Waals surface area contributed by atoms with E-state index in [4.69, 9.17) is 9.47 Å². The van der Waals surface area contributed by atoms with Gasteiger partial charge in [0, 0.05) is 52.5 Å².